The highest BCUT2D eigenvalue weighted by atomic mass is 16.5. The van der Waals surface area contributed by atoms with Crippen molar-refractivity contribution >= 4 is 5.97 Å². The minimum Gasteiger partial charge on any atom is -0.466 e. The van der Waals surface area contributed by atoms with Gasteiger partial charge in [0.1, 0.15) is 0 Å². The van der Waals surface area contributed by atoms with Gasteiger partial charge in [0, 0.05) is 12.1 Å². The second-order valence-corrected chi connectivity index (χ2v) is 5.40. The van der Waals surface area contributed by atoms with Crippen molar-refractivity contribution in [1.82, 2.24) is 5.32 Å². The quantitative estimate of drug-likeness (QED) is 0.766. The van der Waals surface area contributed by atoms with Gasteiger partial charge < -0.3 is 10.1 Å². The summed E-state index contributed by atoms with van der Waals surface area (Å²) < 4.78 is 5.17. The predicted molar refractivity (Wildman–Crippen MR) is 67.8 cm³/mol. The molecule has 2 atom stereocenters. The Morgan fingerprint density at radius 3 is 2.59 bits per heavy atom. The fraction of sp³-hybridized carbons (Fsp3) is 0.929. The molecule has 0 spiro atoms. The van der Waals surface area contributed by atoms with Crippen LogP contribution >= 0.6 is 0 Å². The van der Waals surface area contributed by atoms with Crippen LogP contribution in [0.2, 0.25) is 0 Å². The minimum atomic E-state index is 0.0123. The molecule has 0 aromatic heterocycles. The van der Waals surface area contributed by atoms with Gasteiger partial charge in [-0.05, 0) is 32.6 Å². The molecular formula is C14H25NO2. The first-order valence-corrected chi connectivity index (χ1v) is 7.24. The van der Waals surface area contributed by atoms with Gasteiger partial charge in [0.2, 0.25) is 0 Å². The summed E-state index contributed by atoms with van der Waals surface area (Å²) in [4.78, 5) is 11.8. The number of carbonyl (C=O) groups excluding carboxylic acids is 1. The van der Waals surface area contributed by atoms with Crippen LogP contribution < -0.4 is 5.32 Å². The van der Waals surface area contributed by atoms with Gasteiger partial charge in [-0.2, -0.15) is 0 Å². The SMILES string of the molecule is CCOC(=O)[C@H]1CCC[C@H]1NC1CCCCC1. The highest BCUT2D eigenvalue weighted by Crippen LogP contribution is 2.29. The number of rotatable bonds is 4. The van der Waals surface area contributed by atoms with Crippen molar-refractivity contribution in [2.45, 2.75) is 70.4 Å². The zero-order valence-electron chi connectivity index (χ0n) is 10.9. The summed E-state index contributed by atoms with van der Waals surface area (Å²) in [5.41, 5.74) is 0. The maximum atomic E-state index is 11.8. The zero-order valence-corrected chi connectivity index (χ0v) is 10.9. The molecule has 3 nitrogen and oxygen atoms in total. The van der Waals surface area contributed by atoms with Gasteiger partial charge in [-0.1, -0.05) is 25.7 Å². The molecule has 0 aromatic rings. The Labute approximate surface area is 104 Å². The Morgan fingerprint density at radius 2 is 1.88 bits per heavy atom. The fourth-order valence-corrected chi connectivity index (χ4v) is 3.26. The molecule has 0 saturated heterocycles. The summed E-state index contributed by atoms with van der Waals surface area (Å²) in [6, 6.07) is 1.01. The molecule has 2 fully saturated rings. The van der Waals surface area contributed by atoms with E-state index in [0.29, 0.717) is 18.7 Å². The van der Waals surface area contributed by atoms with E-state index in [9.17, 15) is 4.79 Å². The molecule has 2 aliphatic rings. The number of carbonyl (C=O) groups is 1. The lowest BCUT2D eigenvalue weighted by Crippen LogP contribution is -2.43. The normalized spacial score (nSPS) is 30.4. The summed E-state index contributed by atoms with van der Waals surface area (Å²) in [6.07, 6.45) is 9.93. The zero-order chi connectivity index (χ0) is 12.1. The van der Waals surface area contributed by atoms with Gasteiger partial charge in [0.15, 0.2) is 0 Å². The van der Waals surface area contributed by atoms with Crippen molar-refractivity contribution in [3.63, 3.8) is 0 Å². The van der Waals surface area contributed by atoms with Gasteiger partial charge in [0.25, 0.3) is 0 Å². The van der Waals surface area contributed by atoms with Crippen molar-refractivity contribution in [2.75, 3.05) is 6.61 Å². The number of ether oxygens (including phenoxy) is 1. The lowest BCUT2D eigenvalue weighted by Gasteiger charge is -2.28. The van der Waals surface area contributed by atoms with E-state index in [1.807, 2.05) is 6.92 Å². The second kappa shape index (κ2) is 6.39. The molecule has 0 aromatic carbocycles. The topological polar surface area (TPSA) is 38.3 Å². The molecule has 0 radical (unpaired) electrons. The molecule has 0 amide bonds. The standard InChI is InChI=1S/C14H25NO2/c1-2-17-14(16)12-9-6-10-13(12)15-11-7-4-3-5-8-11/h11-13,15H,2-10H2,1H3/t12-,13+/m0/s1. The summed E-state index contributed by atoms with van der Waals surface area (Å²) in [7, 11) is 0. The third kappa shape index (κ3) is 3.44. The number of hydrogen-bond donors (Lipinski definition) is 1. The van der Waals surface area contributed by atoms with E-state index in [0.717, 1.165) is 19.3 Å². The van der Waals surface area contributed by atoms with Gasteiger partial charge in [0.05, 0.1) is 12.5 Å². The van der Waals surface area contributed by atoms with Crippen LogP contribution in [0.5, 0.6) is 0 Å². The maximum absolute atomic E-state index is 11.8. The van der Waals surface area contributed by atoms with E-state index in [2.05, 4.69) is 5.32 Å². The van der Waals surface area contributed by atoms with Crippen LogP contribution in [0.1, 0.15) is 58.3 Å². The van der Waals surface area contributed by atoms with Gasteiger partial charge in [-0.15, -0.1) is 0 Å². The highest BCUT2D eigenvalue weighted by Gasteiger charge is 2.35. The summed E-state index contributed by atoms with van der Waals surface area (Å²) in [5, 5.41) is 3.71. The van der Waals surface area contributed by atoms with Gasteiger partial charge in [-0.25, -0.2) is 0 Å². The Morgan fingerprint density at radius 1 is 1.12 bits per heavy atom. The molecular weight excluding hydrogens is 214 g/mol. The van der Waals surface area contributed by atoms with Crippen LogP contribution in [0, 0.1) is 5.92 Å². The second-order valence-electron chi connectivity index (χ2n) is 5.40. The van der Waals surface area contributed by atoms with Gasteiger partial charge >= 0.3 is 5.97 Å². The number of esters is 1. The molecule has 2 aliphatic carbocycles. The van der Waals surface area contributed by atoms with E-state index in [1.54, 1.807) is 0 Å². The van der Waals surface area contributed by atoms with E-state index in [1.165, 1.54) is 32.1 Å². The summed E-state index contributed by atoms with van der Waals surface area (Å²) >= 11 is 0. The summed E-state index contributed by atoms with van der Waals surface area (Å²) in [5.74, 6) is 0.121. The van der Waals surface area contributed by atoms with Crippen molar-refractivity contribution in [3.8, 4) is 0 Å². The van der Waals surface area contributed by atoms with Crippen LogP contribution in [0.25, 0.3) is 0 Å². The Bertz CT molecular complexity index is 249. The third-order valence-electron chi connectivity index (χ3n) is 4.16. The van der Waals surface area contributed by atoms with Crippen LogP contribution in [0.3, 0.4) is 0 Å². The Balaban J connectivity index is 1.83. The Kier molecular flexibility index (Phi) is 4.84. The summed E-state index contributed by atoms with van der Waals surface area (Å²) in [6.45, 7) is 2.39. The van der Waals surface area contributed by atoms with E-state index >= 15 is 0 Å². The van der Waals surface area contributed by atoms with Crippen LogP contribution in [-0.2, 0) is 9.53 Å². The highest BCUT2D eigenvalue weighted by molar-refractivity contribution is 5.73. The molecule has 1 N–H and O–H groups in total. The van der Waals surface area contributed by atoms with Crippen molar-refractivity contribution in [1.29, 1.82) is 0 Å². The smallest absolute Gasteiger partial charge is 0.310 e. The first-order valence-electron chi connectivity index (χ1n) is 7.24. The first-order chi connectivity index (χ1) is 8.31. The van der Waals surface area contributed by atoms with Crippen molar-refractivity contribution in [3.05, 3.63) is 0 Å². The monoisotopic (exact) mass is 239 g/mol. The average Bonchev–Trinajstić information content (AvgIpc) is 2.79. The van der Waals surface area contributed by atoms with Crippen molar-refractivity contribution in [2.24, 2.45) is 5.92 Å². The maximum Gasteiger partial charge on any atom is 0.310 e. The molecule has 3 heteroatoms. The average molecular weight is 239 g/mol. The molecule has 2 saturated carbocycles. The van der Waals surface area contributed by atoms with Crippen molar-refractivity contribution < 1.29 is 9.53 Å². The molecule has 98 valence electrons. The van der Waals surface area contributed by atoms with E-state index in [4.69, 9.17) is 4.74 Å². The first kappa shape index (κ1) is 12.9. The van der Waals surface area contributed by atoms with Gasteiger partial charge in [-0.3, -0.25) is 4.79 Å². The third-order valence-corrected chi connectivity index (χ3v) is 4.16. The number of hydrogen-bond acceptors (Lipinski definition) is 3. The molecule has 2 rings (SSSR count). The molecule has 0 bridgehead atoms. The predicted octanol–water partition coefficient (Wildman–Crippen LogP) is 2.64. The van der Waals surface area contributed by atoms with Crippen LogP contribution in [0.15, 0.2) is 0 Å². The van der Waals surface area contributed by atoms with Crippen LogP contribution in [0.4, 0.5) is 0 Å². The largest absolute Gasteiger partial charge is 0.466 e. The lowest BCUT2D eigenvalue weighted by molar-refractivity contribution is -0.148. The van der Waals surface area contributed by atoms with E-state index in [-0.39, 0.29) is 11.9 Å². The lowest BCUT2D eigenvalue weighted by atomic mass is 9.93. The van der Waals surface area contributed by atoms with Crippen LogP contribution in [-0.4, -0.2) is 24.7 Å². The molecule has 0 heterocycles. The Hall–Kier alpha value is -0.570. The number of nitrogens with one attached hydrogen (secondary N) is 1. The van der Waals surface area contributed by atoms with E-state index < -0.39 is 0 Å². The molecule has 17 heavy (non-hydrogen) atoms. The molecule has 0 unspecified atom stereocenters. The molecule has 0 aliphatic heterocycles. The minimum absolute atomic E-state index is 0.0123. The fourth-order valence-electron chi connectivity index (χ4n) is 3.26.